The van der Waals surface area contributed by atoms with Gasteiger partial charge in [-0.05, 0) is 141 Å². The van der Waals surface area contributed by atoms with E-state index in [9.17, 15) is 40.8 Å². The van der Waals surface area contributed by atoms with E-state index in [0.717, 1.165) is 161 Å². The number of hydrogen-bond acceptors (Lipinski definition) is 15. The number of aromatic amines is 5. The van der Waals surface area contributed by atoms with E-state index >= 15 is 0 Å². The number of nitrogens with one attached hydrogen (secondary N) is 6. The standard InChI is InChI=1S/C15H19ClN4O.C15H18ClN3O.C14H17ClN4O.C14H9ClN2O2.C14H16F3N3O3S/c1-10(21)19(2)12-3-5-20(6-4-12)15-8-11(16)7-14-13(15)9-17-18-14;1-2-15(20)10-3-5-19(6-4-10)14-8-11(16)7-13-12(14)9-17-18-13;1-9(20)17-11-2-4-19(5-3-11)14-7-10(15)6-13-12(14)8-16-18-13;15-10-5-11(12-7-16-17-13(12)6-10)8-1-3-9(4-2-8)14(18)19;1-24(21,22)20-4-2-9(3-5-20)11-6-10(23-14(15,16)17)7-13-12(11)8-18-19-13/h7-9,12H,3-6H2,1-2H3,(H,17,18);7-10H,2-6H2,1H3,(H,17,18);6-8,11H,2-5H2,1H3,(H,16,18)(H,17,20);1-7H,(H,16,17)(H,18,19);6-9H,2-5H2,1H3,(H,18,19). The number of Topliss-reactive ketones (excluding diaryl/α,β-unsaturated/α-hetero) is 1. The molecule has 4 aliphatic rings. The van der Waals surface area contributed by atoms with Crippen molar-refractivity contribution < 1.29 is 50.6 Å². The third kappa shape index (κ3) is 18.8. The summed E-state index contributed by atoms with van der Waals surface area (Å²) in [6.45, 7) is 11.3. The number of piperidine rings is 4. The number of carbonyl (C=O) groups excluding carboxylic acids is 3. The first-order valence-electron chi connectivity index (χ1n) is 34.0. The van der Waals surface area contributed by atoms with E-state index in [1.54, 1.807) is 56.6 Å². The van der Waals surface area contributed by atoms with E-state index < -0.39 is 22.4 Å². The molecule has 15 rings (SSSR count). The van der Waals surface area contributed by atoms with Gasteiger partial charge < -0.3 is 34.8 Å². The summed E-state index contributed by atoms with van der Waals surface area (Å²) >= 11 is 24.6. The number of fused-ring (bicyclic) bond motifs is 5. The Bertz CT molecular complexity index is 4960. The van der Waals surface area contributed by atoms with Crippen LogP contribution in [0.5, 0.6) is 5.75 Å². The van der Waals surface area contributed by atoms with Crippen LogP contribution in [0.1, 0.15) is 100 Å². The van der Waals surface area contributed by atoms with Crippen molar-refractivity contribution in [2.24, 2.45) is 5.92 Å². The first kappa shape index (κ1) is 76.0. The Labute approximate surface area is 617 Å². The average molecular weight is 1530 g/mol. The summed E-state index contributed by atoms with van der Waals surface area (Å²) in [6, 6.07) is 25.2. The fourth-order valence-corrected chi connectivity index (χ4v) is 15.7. The highest BCUT2D eigenvalue weighted by molar-refractivity contribution is 7.88. The van der Waals surface area contributed by atoms with E-state index in [0.29, 0.717) is 75.3 Å². The van der Waals surface area contributed by atoms with Gasteiger partial charge in [-0.3, -0.25) is 39.9 Å². The minimum absolute atomic E-state index is 0.0448. The van der Waals surface area contributed by atoms with Gasteiger partial charge in [-0.25, -0.2) is 17.5 Å². The zero-order valence-electron chi connectivity index (χ0n) is 57.6. The number of aromatic carboxylic acids is 1. The topological polar surface area (TPSA) is 304 Å². The average Bonchev–Trinajstić information content (AvgIpc) is 1.48. The Morgan fingerprint density at radius 3 is 1.41 bits per heavy atom. The zero-order valence-corrected chi connectivity index (χ0v) is 61.5. The van der Waals surface area contributed by atoms with Crippen LogP contribution in [0.2, 0.25) is 20.1 Å². The number of benzene rings is 6. The van der Waals surface area contributed by atoms with Crippen LogP contribution in [0.25, 0.3) is 65.6 Å². The molecular weight excluding hydrogens is 1450 g/mol. The van der Waals surface area contributed by atoms with Gasteiger partial charge in [0.1, 0.15) is 11.5 Å². The monoisotopic (exact) mass is 1520 g/mol. The Morgan fingerprint density at radius 2 is 0.990 bits per heavy atom. The molecule has 0 unspecified atom stereocenters. The van der Waals surface area contributed by atoms with E-state index in [2.05, 4.69) is 75.7 Å². The van der Waals surface area contributed by atoms with Crippen molar-refractivity contribution >= 4 is 152 Å². The van der Waals surface area contributed by atoms with Crippen molar-refractivity contribution in [2.75, 3.05) is 80.4 Å². The van der Waals surface area contributed by atoms with Gasteiger partial charge >= 0.3 is 12.3 Å². The molecule has 9 heterocycles. The number of ketones is 1. The van der Waals surface area contributed by atoms with Gasteiger partial charge in [-0.2, -0.15) is 25.5 Å². The van der Waals surface area contributed by atoms with Gasteiger partial charge in [0.15, 0.2) is 0 Å². The second-order valence-corrected chi connectivity index (χ2v) is 29.9. The smallest absolute Gasteiger partial charge is 0.478 e. The predicted octanol–water partition coefficient (Wildman–Crippen LogP) is 14.6. The maximum atomic E-state index is 12.5. The van der Waals surface area contributed by atoms with Gasteiger partial charge in [-0.1, -0.05) is 65.5 Å². The molecule has 0 aliphatic carbocycles. The molecule has 0 spiro atoms. The number of halogens is 7. The largest absolute Gasteiger partial charge is 0.573 e. The first-order chi connectivity index (χ1) is 49.7. The lowest BCUT2D eigenvalue weighted by Crippen LogP contribution is -2.45. The van der Waals surface area contributed by atoms with Crippen LogP contribution in [-0.4, -0.2) is 181 Å². The van der Waals surface area contributed by atoms with E-state index in [4.69, 9.17) is 51.5 Å². The number of aromatic nitrogens is 10. The van der Waals surface area contributed by atoms with Crippen LogP contribution in [0.3, 0.4) is 0 Å². The molecular formula is C72H79Cl4F3N16O8S. The second-order valence-electron chi connectivity index (χ2n) is 26.2. The predicted molar refractivity (Wildman–Crippen MR) is 401 cm³/mol. The summed E-state index contributed by atoms with van der Waals surface area (Å²) in [6.07, 6.45) is 12.6. The molecule has 0 atom stereocenters. The Balaban J connectivity index is 0.000000130. The first-order valence-corrected chi connectivity index (χ1v) is 37.3. The Kier molecular flexibility index (Phi) is 24.3. The molecule has 32 heteroatoms. The maximum Gasteiger partial charge on any atom is 0.573 e. The molecule has 24 nitrogen and oxygen atoms in total. The lowest BCUT2D eigenvalue weighted by atomic mass is 9.88. The summed E-state index contributed by atoms with van der Waals surface area (Å²) in [7, 11) is -1.37. The number of carbonyl (C=O) groups is 4. The zero-order chi connectivity index (χ0) is 74.1. The minimum atomic E-state index is -4.77. The molecule has 2 amide bonds. The van der Waals surface area contributed by atoms with Crippen molar-refractivity contribution in [3.05, 3.63) is 147 Å². The summed E-state index contributed by atoms with van der Waals surface area (Å²) in [4.78, 5) is 54.0. The van der Waals surface area contributed by atoms with E-state index in [-0.39, 0.29) is 41.0 Å². The molecule has 4 aliphatic heterocycles. The number of hydrogen-bond donors (Lipinski definition) is 7. The van der Waals surface area contributed by atoms with Crippen LogP contribution in [0, 0.1) is 5.92 Å². The van der Waals surface area contributed by atoms with Gasteiger partial charge in [0.25, 0.3) is 0 Å². The molecule has 6 aromatic carbocycles. The molecule has 104 heavy (non-hydrogen) atoms. The molecule has 11 aromatic rings. The van der Waals surface area contributed by atoms with Crippen LogP contribution in [0.15, 0.2) is 116 Å². The third-order valence-corrected chi connectivity index (χ3v) is 21.5. The van der Waals surface area contributed by atoms with Crippen LogP contribution in [-0.2, 0) is 24.4 Å². The van der Waals surface area contributed by atoms with Crippen molar-refractivity contribution in [3.63, 3.8) is 0 Å². The third-order valence-electron chi connectivity index (χ3n) is 19.4. The van der Waals surface area contributed by atoms with Crippen molar-refractivity contribution in [3.8, 4) is 16.9 Å². The fourth-order valence-electron chi connectivity index (χ4n) is 13.9. The fraction of sp³-hybridized carbons (Fsp3) is 0.375. The highest BCUT2D eigenvalue weighted by atomic mass is 35.5. The van der Waals surface area contributed by atoms with Crippen molar-refractivity contribution in [1.82, 2.24) is 65.5 Å². The summed E-state index contributed by atoms with van der Waals surface area (Å²) in [5.74, 6) is -0.498. The summed E-state index contributed by atoms with van der Waals surface area (Å²) in [5.41, 5.74) is 10.3. The van der Waals surface area contributed by atoms with Crippen molar-refractivity contribution in [2.45, 2.75) is 103 Å². The Hall–Kier alpha value is -9.19. The number of alkyl halides is 3. The summed E-state index contributed by atoms with van der Waals surface area (Å²) < 4.78 is 66.1. The quantitative estimate of drug-likeness (QED) is 0.0598. The van der Waals surface area contributed by atoms with E-state index in [1.165, 1.54) is 16.4 Å². The van der Waals surface area contributed by atoms with Crippen LogP contribution >= 0.6 is 46.4 Å². The van der Waals surface area contributed by atoms with Gasteiger partial charge in [-0.15, -0.1) is 13.2 Å². The highest BCUT2D eigenvalue weighted by Gasteiger charge is 2.34. The Morgan fingerprint density at radius 1 is 0.577 bits per heavy atom. The number of rotatable bonds is 12. The number of ether oxygens (including phenoxy) is 1. The number of carboxylic acids is 1. The number of anilines is 3. The molecule has 0 bridgehead atoms. The lowest BCUT2D eigenvalue weighted by molar-refractivity contribution is -0.274. The number of amides is 2. The number of H-pyrrole nitrogens is 5. The second kappa shape index (κ2) is 33.3. The molecule has 4 fully saturated rings. The highest BCUT2D eigenvalue weighted by Crippen LogP contribution is 2.40. The molecule has 5 aromatic heterocycles. The van der Waals surface area contributed by atoms with Gasteiger partial charge in [0.2, 0.25) is 21.8 Å². The van der Waals surface area contributed by atoms with Crippen LogP contribution in [0.4, 0.5) is 30.2 Å². The number of carboxylic acid groups (broad SMARTS) is 1. The maximum absolute atomic E-state index is 12.5. The SMILES string of the molecule is CC(=O)N(C)C1CCN(c2cc(Cl)cc3[nH]ncc23)CC1.CC(=O)NC1CCN(c2cc(Cl)cc3[nH]ncc23)CC1.CCC(=O)C1CCN(c2cc(Cl)cc3[nH]ncc23)CC1.CS(=O)(=O)N1CCC(c2cc(OC(F)(F)F)cc3[nH]ncc23)CC1.O=C(O)c1ccc(-c2cc(Cl)cc3[nH]ncc23)cc1. The van der Waals surface area contributed by atoms with E-state index in [1.807, 2.05) is 79.9 Å². The molecule has 7 N–H and O–H groups in total. The number of nitrogens with zero attached hydrogens (tertiary/aromatic N) is 10. The summed E-state index contributed by atoms with van der Waals surface area (Å²) in [5, 5.41) is 54.1. The lowest BCUT2D eigenvalue weighted by Gasteiger charge is -2.37. The molecule has 0 saturated carbocycles. The normalized spacial score (nSPS) is 15.9. The van der Waals surface area contributed by atoms with Crippen LogP contribution < -0.4 is 24.8 Å². The van der Waals surface area contributed by atoms with Crippen molar-refractivity contribution in [1.29, 1.82) is 0 Å². The van der Waals surface area contributed by atoms with Gasteiger partial charge in [0.05, 0.1) is 70.4 Å². The number of sulfonamides is 1. The molecule has 0 radical (unpaired) electrons. The molecule has 550 valence electrons. The minimum Gasteiger partial charge on any atom is -0.478 e. The van der Waals surface area contributed by atoms with Gasteiger partial charge in [0, 0.05) is 168 Å². The molecule has 4 saturated heterocycles.